The summed E-state index contributed by atoms with van der Waals surface area (Å²) in [5.74, 6) is -0.373. The molecular weight excluding hydrogens is 369 g/mol. The Morgan fingerprint density at radius 3 is 2.70 bits per heavy atom. The second kappa shape index (κ2) is 8.32. The third-order valence-corrected chi connectivity index (χ3v) is 5.32. The molecule has 1 aromatic rings. The molecule has 1 rings (SSSR count). The van der Waals surface area contributed by atoms with Crippen molar-refractivity contribution in [2.45, 2.75) is 31.1 Å². The fourth-order valence-electron chi connectivity index (χ4n) is 1.90. The van der Waals surface area contributed by atoms with E-state index in [0.29, 0.717) is 6.54 Å². The SMILES string of the molecule is CCCC(CCBr)CNS(=O)(=O)c1cc(F)ccc1Cl. The van der Waals surface area contributed by atoms with E-state index in [2.05, 4.69) is 27.6 Å². The van der Waals surface area contributed by atoms with Crippen molar-refractivity contribution in [2.24, 2.45) is 5.92 Å². The van der Waals surface area contributed by atoms with Gasteiger partial charge < -0.3 is 0 Å². The largest absolute Gasteiger partial charge is 0.242 e. The first-order valence-corrected chi connectivity index (χ1v) is 9.39. The zero-order valence-corrected chi connectivity index (χ0v) is 14.4. The van der Waals surface area contributed by atoms with Crippen molar-refractivity contribution in [3.63, 3.8) is 0 Å². The number of hydrogen-bond donors (Lipinski definition) is 1. The summed E-state index contributed by atoms with van der Waals surface area (Å²) < 4.78 is 40.0. The van der Waals surface area contributed by atoms with Gasteiger partial charge >= 0.3 is 0 Å². The number of halogens is 3. The van der Waals surface area contributed by atoms with Gasteiger partial charge in [0.1, 0.15) is 10.7 Å². The lowest BCUT2D eigenvalue weighted by Gasteiger charge is -2.16. The molecular formula is C13H18BrClFNO2S. The van der Waals surface area contributed by atoms with Crippen molar-refractivity contribution in [2.75, 3.05) is 11.9 Å². The van der Waals surface area contributed by atoms with Crippen LogP contribution in [-0.2, 0) is 10.0 Å². The summed E-state index contributed by atoms with van der Waals surface area (Å²) in [4.78, 5) is -0.215. The number of alkyl halides is 1. The molecule has 0 radical (unpaired) electrons. The maximum absolute atomic E-state index is 13.2. The first-order valence-electron chi connectivity index (χ1n) is 6.41. The van der Waals surface area contributed by atoms with E-state index < -0.39 is 15.8 Å². The molecule has 0 aromatic heterocycles. The predicted octanol–water partition coefficient (Wildman–Crippen LogP) is 3.96. The van der Waals surface area contributed by atoms with E-state index in [1.807, 2.05) is 0 Å². The van der Waals surface area contributed by atoms with Crippen molar-refractivity contribution >= 4 is 37.6 Å². The number of rotatable bonds is 8. The van der Waals surface area contributed by atoms with Gasteiger partial charge in [-0.3, -0.25) is 0 Å². The molecule has 114 valence electrons. The molecule has 0 amide bonds. The Bertz CT molecular complexity index is 533. The monoisotopic (exact) mass is 385 g/mol. The summed E-state index contributed by atoms with van der Waals surface area (Å²) >= 11 is 9.18. The molecule has 0 aliphatic heterocycles. The van der Waals surface area contributed by atoms with Crippen LogP contribution in [0.15, 0.2) is 23.1 Å². The lowest BCUT2D eigenvalue weighted by Crippen LogP contribution is -2.30. The zero-order valence-electron chi connectivity index (χ0n) is 11.2. The van der Waals surface area contributed by atoms with Gasteiger partial charge in [-0.05, 0) is 37.0 Å². The van der Waals surface area contributed by atoms with E-state index in [0.717, 1.165) is 36.7 Å². The molecule has 1 N–H and O–H groups in total. The average molecular weight is 387 g/mol. The third kappa shape index (κ3) is 5.31. The van der Waals surface area contributed by atoms with Crippen LogP contribution in [0.5, 0.6) is 0 Å². The van der Waals surface area contributed by atoms with Gasteiger partial charge in [-0.15, -0.1) is 0 Å². The highest BCUT2D eigenvalue weighted by Crippen LogP contribution is 2.22. The molecule has 20 heavy (non-hydrogen) atoms. The standard InChI is InChI=1S/C13H18BrClFNO2S/c1-2-3-10(6-7-14)9-17-20(18,19)13-8-11(16)4-5-12(13)15/h4-5,8,10,17H,2-3,6-7,9H2,1H3. The fraction of sp³-hybridized carbons (Fsp3) is 0.538. The van der Waals surface area contributed by atoms with E-state index in [1.165, 1.54) is 6.07 Å². The molecule has 0 fully saturated rings. The van der Waals surface area contributed by atoms with Crippen molar-refractivity contribution in [3.05, 3.63) is 29.0 Å². The van der Waals surface area contributed by atoms with Gasteiger partial charge in [-0.25, -0.2) is 17.5 Å². The van der Waals surface area contributed by atoms with Crippen LogP contribution >= 0.6 is 27.5 Å². The molecule has 0 spiro atoms. The van der Waals surface area contributed by atoms with Crippen molar-refractivity contribution in [1.82, 2.24) is 4.72 Å². The summed E-state index contributed by atoms with van der Waals surface area (Å²) in [6.45, 7) is 2.38. The Labute approximate surface area is 133 Å². The van der Waals surface area contributed by atoms with Crippen LogP contribution in [0.1, 0.15) is 26.2 Å². The van der Waals surface area contributed by atoms with Crippen LogP contribution in [0, 0.1) is 11.7 Å². The number of nitrogens with one attached hydrogen (secondary N) is 1. The second-order valence-electron chi connectivity index (χ2n) is 4.56. The van der Waals surface area contributed by atoms with E-state index in [-0.39, 0.29) is 15.8 Å². The summed E-state index contributed by atoms with van der Waals surface area (Å²) in [5.41, 5.74) is 0. The summed E-state index contributed by atoms with van der Waals surface area (Å²) in [6, 6.07) is 3.31. The molecule has 0 aliphatic carbocycles. The Hall–Kier alpha value is -0.170. The van der Waals surface area contributed by atoms with Crippen LogP contribution < -0.4 is 4.72 Å². The fourth-order valence-corrected chi connectivity index (χ4v) is 4.17. The Kier molecular flexibility index (Phi) is 7.43. The van der Waals surface area contributed by atoms with Gasteiger partial charge in [0.15, 0.2) is 0 Å². The van der Waals surface area contributed by atoms with Gasteiger partial charge in [-0.2, -0.15) is 0 Å². The van der Waals surface area contributed by atoms with Gasteiger partial charge in [-0.1, -0.05) is 40.9 Å². The molecule has 1 atom stereocenters. The third-order valence-electron chi connectivity index (χ3n) is 2.96. The minimum Gasteiger partial charge on any atom is -0.211 e. The normalized spacial score (nSPS) is 13.4. The van der Waals surface area contributed by atoms with Gasteiger partial charge in [0.25, 0.3) is 0 Å². The first kappa shape index (κ1) is 17.9. The molecule has 3 nitrogen and oxygen atoms in total. The lowest BCUT2D eigenvalue weighted by molar-refractivity contribution is 0.459. The molecule has 1 aromatic carbocycles. The smallest absolute Gasteiger partial charge is 0.211 e. The molecule has 0 bridgehead atoms. The molecule has 0 heterocycles. The zero-order chi connectivity index (χ0) is 15.2. The van der Waals surface area contributed by atoms with Crippen LogP contribution in [-0.4, -0.2) is 20.3 Å². The molecule has 0 saturated heterocycles. The van der Waals surface area contributed by atoms with Gasteiger partial charge in [0, 0.05) is 11.9 Å². The second-order valence-corrected chi connectivity index (χ2v) is 7.49. The Morgan fingerprint density at radius 2 is 2.10 bits per heavy atom. The average Bonchev–Trinajstić information content (AvgIpc) is 2.39. The first-order chi connectivity index (χ1) is 9.40. The number of hydrogen-bond acceptors (Lipinski definition) is 2. The Morgan fingerprint density at radius 1 is 1.40 bits per heavy atom. The summed E-state index contributed by atoms with van der Waals surface area (Å²) in [6.07, 6.45) is 2.80. The van der Waals surface area contributed by atoms with Crippen LogP contribution in [0.4, 0.5) is 4.39 Å². The van der Waals surface area contributed by atoms with Crippen molar-refractivity contribution in [1.29, 1.82) is 0 Å². The lowest BCUT2D eigenvalue weighted by atomic mass is 10.0. The van der Waals surface area contributed by atoms with Crippen LogP contribution in [0.2, 0.25) is 5.02 Å². The predicted molar refractivity (Wildman–Crippen MR) is 83.4 cm³/mol. The molecule has 1 unspecified atom stereocenters. The summed E-state index contributed by atoms with van der Waals surface area (Å²) in [5, 5.41) is 0.839. The van der Waals surface area contributed by atoms with E-state index in [4.69, 9.17) is 11.6 Å². The highest BCUT2D eigenvalue weighted by atomic mass is 79.9. The van der Waals surface area contributed by atoms with Gasteiger partial charge in [0.2, 0.25) is 10.0 Å². The topological polar surface area (TPSA) is 46.2 Å². The van der Waals surface area contributed by atoms with Crippen molar-refractivity contribution < 1.29 is 12.8 Å². The maximum Gasteiger partial charge on any atom is 0.242 e. The molecule has 0 aliphatic rings. The van der Waals surface area contributed by atoms with E-state index in [9.17, 15) is 12.8 Å². The Balaban J connectivity index is 2.81. The minimum absolute atomic E-state index is 0.0198. The van der Waals surface area contributed by atoms with Crippen LogP contribution in [0.3, 0.4) is 0 Å². The quantitative estimate of drug-likeness (QED) is 0.687. The highest BCUT2D eigenvalue weighted by Gasteiger charge is 2.20. The van der Waals surface area contributed by atoms with Crippen LogP contribution in [0.25, 0.3) is 0 Å². The number of sulfonamides is 1. The van der Waals surface area contributed by atoms with Crippen molar-refractivity contribution in [3.8, 4) is 0 Å². The van der Waals surface area contributed by atoms with Gasteiger partial charge in [0.05, 0.1) is 5.02 Å². The molecule has 7 heteroatoms. The molecule has 0 saturated carbocycles. The summed E-state index contributed by atoms with van der Waals surface area (Å²) in [7, 11) is -3.78. The highest BCUT2D eigenvalue weighted by molar-refractivity contribution is 9.09. The van der Waals surface area contributed by atoms with E-state index >= 15 is 0 Å². The maximum atomic E-state index is 13.2. The number of benzene rings is 1. The minimum atomic E-state index is -3.78. The van der Waals surface area contributed by atoms with E-state index in [1.54, 1.807) is 0 Å².